The highest BCUT2D eigenvalue weighted by molar-refractivity contribution is 9.09. The van der Waals surface area contributed by atoms with E-state index in [0.717, 1.165) is 24.7 Å². The minimum Gasteiger partial charge on any atom is -0.213 e. The smallest absolute Gasteiger partial charge is 0.211 e. The zero-order valence-electron chi connectivity index (χ0n) is 11.7. The summed E-state index contributed by atoms with van der Waals surface area (Å²) in [6, 6.07) is 0. The van der Waals surface area contributed by atoms with Crippen molar-refractivity contribution in [3.05, 3.63) is 0 Å². The topological polar surface area (TPSA) is 37.4 Å². The zero-order valence-corrected chi connectivity index (χ0v) is 14.1. The molecule has 0 spiro atoms. The summed E-state index contributed by atoms with van der Waals surface area (Å²) in [7, 11) is -3.00. The lowest BCUT2D eigenvalue weighted by Gasteiger charge is -2.33. The van der Waals surface area contributed by atoms with Gasteiger partial charge in [-0.2, -0.15) is 0 Å². The molecule has 5 heteroatoms. The van der Waals surface area contributed by atoms with E-state index in [-0.39, 0.29) is 0 Å². The van der Waals surface area contributed by atoms with Gasteiger partial charge in [0.15, 0.2) is 0 Å². The van der Waals surface area contributed by atoms with Gasteiger partial charge in [-0.05, 0) is 43.4 Å². The van der Waals surface area contributed by atoms with Crippen LogP contribution in [0.2, 0.25) is 0 Å². The molecule has 1 fully saturated rings. The van der Waals surface area contributed by atoms with E-state index < -0.39 is 10.0 Å². The van der Waals surface area contributed by atoms with Crippen LogP contribution in [0.15, 0.2) is 0 Å². The Kier molecular flexibility index (Phi) is 6.62. The summed E-state index contributed by atoms with van der Waals surface area (Å²) in [5, 5.41) is 1.03. The van der Waals surface area contributed by atoms with E-state index in [1.807, 2.05) is 0 Å². The van der Waals surface area contributed by atoms with E-state index >= 15 is 0 Å². The molecule has 0 amide bonds. The van der Waals surface area contributed by atoms with Crippen LogP contribution in [0.25, 0.3) is 0 Å². The number of piperidine rings is 1. The van der Waals surface area contributed by atoms with Crippen LogP contribution in [0.4, 0.5) is 0 Å². The third-order valence-electron chi connectivity index (χ3n) is 3.64. The van der Waals surface area contributed by atoms with Gasteiger partial charge in [0.1, 0.15) is 0 Å². The molecule has 0 aromatic carbocycles. The van der Waals surface area contributed by atoms with Crippen LogP contribution in [0, 0.1) is 17.8 Å². The van der Waals surface area contributed by atoms with Crippen molar-refractivity contribution in [2.45, 2.75) is 39.5 Å². The number of nitrogens with zero attached hydrogens (tertiary/aromatic N) is 1. The predicted octanol–water partition coefficient (Wildman–Crippen LogP) is 3.11. The Morgan fingerprint density at radius 2 is 2.06 bits per heavy atom. The average molecular weight is 340 g/mol. The van der Waals surface area contributed by atoms with Gasteiger partial charge in [0.2, 0.25) is 10.0 Å². The summed E-state index contributed by atoms with van der Waals surface area (Å²) in [4.78, 5) is 0. The molecule has 1 aliphatic rings. The lowest BCUT2D eigenvalue weighted by Crippen LogP contribution is -2.39. The van der Waals surface area contributed by atoms with Gasteiger partial charge in [-0.1, -0.05) is 29.8 Å². The number of halogens is 1. The van der Waals surface area contributed by atoms with E-state index in [0.29, 0.717) is 24.3 Å². The number of hydrogen-bond donors (Lipinski definition) is 0. The third-order valence-corrected chi connectivity index (χ3v) is 5.83. The van der Waals surface area contributed by atoms with Crippen LogP contribution in [0.1, 0.15) is 39.5 Å². The van der Waals surface area contributed by atoms with E-state index in [9.17, 15) is 8.42 Å². The maximum atomic E-state index is 11.6. The highest BCUT2D eigenvalue weighted by Gasteiger charge is 2.27. The Morgan fingerprint density at radius 3 is 2.56 bits per heavy atom. The summed E-state index contributed by atoms with van der Waals surface area (Å²) in [5.41, 5.74) is 0. The van der Waals surface area contributed by atoms with Crippen molar-refractivity contribution in [1.82, 2.24) is 4.31 Å². The van der Waals surface area contributed by atoms with Gasteiger partial charge in [0.05, 0.1) is 6.26 Å². The molecule has 18 heavy (non-hydrogen) atoms. The molecule has 0 bridgehead atoms. The normalized spacial score (nSPS) is 24.4. The molecular weight excluding hydrogens is 314 g/mol. The molecule has 0 N–H and O–H groups in total. The molecule has 0 aromatic rings. The van der Waals surface area contributed by atoms with E-state index in [1.54, 1.807) is 4.31 Å². The van der Waals surface area contributed by atoms with Crippen LogP contribution in [0.5, 0.6) is 0 Å². The van der Waals surface area contributed by atoms with Gasteiger partial charge in [-0.3, -0.25) is 0 Å². The predicted molar refractivity (Wildman–Crippen MR) is 80.5 cm³/mol. The average Bonchev–Trinajstić information content (AvgIpc) is 2.26. The molecule has 1 saturated heterocycles. The minimum atomic E-state index is -3.00. The Hall–Kier alpha value is 0.390. The second-order valence-corrected chi connectivity index (χ2v) is 8.64. The van der Waals surface area contributed by atoms with Crippen molar-refractivity contribution in [2.24, 2.45) is 17.8 Å². The van der Waals surface area contributed by atoms with E-state index in [1.165, 1.54) is 19.1 Å². The van der Waals surface area contributed by atoms with Gasteiger partial charge in [-0.15, -0.1) is 0 Å². The summed E-state index contributed by atoms with van der Waals surface area (Å²) < 4.78 is 24.8. The molecule has 1 heterocycles. The molecule has 0 aromatic heterocycles. The Morgan fingerprint density at radius 1 is 1.39 bits per heavy atom. The Labute approximate surface area is 121 Å². The first-order valence-corrected chi connectivity index (χ1v) is 9.81. The first-order chi connectivity index (χ1) is 8.32. The number of hydrogen-bond acceptors (Lipinski definition) is 2. The molecule has 108 valence electrons. The van der Waals surface area contributed by atoms with Crippen molar-refractivity contribution in [2.75, 3.05) is 24.7 Å². The largest absolute Gasteiger partial charge is 0.213 e. The van der Waals surface area contributed by atoms with Crippen LogP contribution >= 0.6 is 15.9 Å². The zero-order chi connectivity index (χ0) is 13.8. The Balaban J connectivity index is 2.51. The van der Waals surface area contributed by atoms with Gasteiger partial charge in [0, 0.05) is 18.4 Å². The molecule has 0 aliphatic carbocycles. The fourth-order valence-electron chi connectivity index (χ4n) is 2.88. The SMILES string of the molecule is CC(C)CC(CBr)CC1CCCN(S(C)(=O)=O)C1. The van der Waals surface area contributed by atoms with Gasteiger partial charge < -0.3 is 0 Å². The molecule has 3 nitrogen and oxygen atoms in total. The highest BCUT2D eigenvalue weighted by Crippen LogP contribution is 2.28. The standard InChI is InChI=1S/C13H26BrNO2S/c1-11(2)7-13(9-14)8-12-5-4-6-15(10-12)18(3,16)17/h11-13H,4-10H2,1-3H3. The third kappa shape index (κ3) is 5.57. The van der Waals surface area contributed by atoms with E-state index in [2.05, 4.69) is 29.8 Å². The van der Waals surface area contributed by atoms with Crippen molar-refractivity contribution >= 4 is 26.0 Å². The first-order valence-electron chi connectivity index (χ1n) is 6.84. The number of sulfonamides is 1. The Bertz CT molecular complexity index is 343. The van der Waals surface area contributed by atoms with Crippen LogP contribution in [-0.2, 0) is 10.0 Å². The van der Waals surface area contributed by atoms with Crippen LogP contribution in [-0.4, -0.2) is 37.4 Å². The maximum Gasteiger partial charge on any atom is 0.211 e. The van der Waals surface area contributed by atoms with Gasteiger partial charge in [0.25, 0.3) is 0 Å². The molecule has 1 rings (SSSR count). The second-order valence-electron chi connectivity index (χ2n) is 6.01. The second kappa shape index (κ2) is 7.25. The molecule has 2 unspecified atom stereocenters. The van der Waals surface area contributed by atoms with Crippen molar-refractivity contribution in [3.8, 4) is 0 Å². The summed E-state index contributed by atoms with van der Waals surface area (Å²) in [6.07, 6.45) is 5.88. The van der Waals surface area contributed by atoms with Crippen molar-refractivity contribution in [1.29, 1.82) is 0 Å². The first kappa shape index (κ1) is 16.4. The molecule has 1 aliphatic heterocycles. The van der Waals surface area contributed by atoms with Crippen LogP contribution in [0.3, 0.4) is 0 Å². The summed E-state index contributed by atoms with van der Waals surface area (Å²) in [6.45, 7) is 5.93. The summed E-state index contributed by atoms with van der Waals surface area (Å²) in [5.74, 6) is 1.92. The summed E-state index contributed by atoms with van der Waals surface area (Å²) >= 11 is 3.59. The molecule has 0 radical (unpaired) electrons. The van der Waals surface area contributed by atoms with Crippen LogP contribution < -0.4 is 0 Å². The lowest BCUT2D eigenvalue weighted by molar-refractivity contribution is 0.227. The number of alkyl halides is 1. The quantitative estimate of drug-likeness (QED) is 0.697. The van der Waals surface area contributed by atoms with Crippen molar-refractivity contribution in [3.63, 3.8) is 0 Å². The van der Waals surface area contributed by atoms with Gasteiger partial charge in [-0.25, -0.2) is 12.7 Å². The fraction of sp³-hybridized carbons (Fsp3) is 1.00. The fourth-order valence-corrected chi connectivity index (χ4v) is 4.35. The van der Waals surface area contributed by atoms with E-state index in [4.69, 9.17) is 0 Å². The monoisotopic (exact) mass is 339 g/mol. The molecule has 2 atom stereocenters. The lowest BCUT2D eigenvalue weighted by atomic mass is 9.86. The minimum absolute atomic E-state index is 0.537. The molecule has 0 saturated carbocycles. The highest BCUT2D eigenvalue weighted by atomic mass is 79.9. The number of rotatable bonds is 6. The maximum absolute atomic E-state index is 11.6. The van der Waals surface area contributed by atoms with Gasteiger partial charge >= 0.3 is 0 Å². The molecular formula is C13H26BrNO2S. The van der Waals surface area contributed by atoms with Crippen molar-refractivity contribution < 1.29 is 8.42 Å².